The van der Waals surface area contributed by atoms with E-state index in [1.807, 2.05) is 0 Å². The molecule has 0 aromatic carbocycles. The maximum absolute atomic E-state index is 3.27. The van der Waals surface area contributed by atoms with Crippen LogP contribution in [-0.2, 0) is 0 Å². The van der Waals surface area contributed by atoms with Gasteiger partial charge in [0.25, 0.3) is 0 Å². The first-order chi connectivity index (χ1) is 6.92. The minimum Gasteiger partial charge on any atom is -0.318 e. The van der Waals surface area contributed by atoms with Crippen molar-refractivity contribution >= 4 is 0 Å². The molecule has 1 saturated carbocycles. The van der Waals surface area contributed by atoms with Gasteiger partial charge in [-0.05, 0) is 45.2 Å². The second kappa shape index (κ2) is 5.13. The van der Waals surface area contributed by atoms with Crippen LogP contribution in [0.15, 0.2) is 0 Å². The number of rotatable bonds is 3. The molecule has 2 aliphatic rings. The highest BCUT2D eigenvalue weighted by molar-refractivity contribution is 4.87. The Balaban J connectivity index is 1.88. The summed E-state index contributed by atoms with van der Waals surface area (Å²) in [5.41, 5.74) is 0. The van der Waals surface area contributed by atoms with Gasteiger partial charge in [-0.1, -0.05) is 12.8 Å². The van der Waals surface area contributed by atoms with Gasteiger partial charge in [-0.2, -0.15) is 0 Å². The molecule has 2 heteroatoms. The highest BCUT2D eigenvalue weighted by Gasteiger charge is 2.32. The zero-order valence-corrected chi connectivity index (χ0v) is 9.47. The van der Waals surface area contributed by atoms with Gasteiger partial charge in [0.1, 0.15) is 0 Å². The molecular formula is C12H24N2. The van der Waals surface area contributed by atoms with E-state index in [0.29, 0.717) is 0 Å². The summed E-state index contributed by atoms with van der Waals surface area (Å²) in [6, 6.07) is 0.936. The zero-order chi connectivity index (χ0) is 9.80. The minimum absolute atomic E-state index is 0.936. The highest BCUT2D eigenvalue weighted by atomic mass is 15.2. The lowest BCUT2D eigenvalue weighted by Crippen LogP contribution is -2.48. The van der Waals surface area contributed by atoms with Crippen LogP contribution in [0.25, 0.3) is 0 Å². The first kappa shape index (κ1) is 10.4. The number of nitrogens with zero attached hydrogens (tertiary/aromatic N) is 1. The molecule has 0 bridgehead atoms. The zero-order valence-electron chi connectivity index (χ0n) is 9.47. The van der Waals surface area contributed by atoms with Crippen LogP contribution >= 0.6 is 0 Å². The summed E-state index contributed by atoms with van der Waals surface area (Å²) in [5.74, 6) is 1.04. The standard InChI is InChI=1S/C12H24N2/c1-13-8-10-14-9-4-6-11-5-2-3-7-12(11)14/h11-13H,2-10H2,1H3/t11-,12-/m0/s1. The van der Waals surface area contributed by atoms with E-state index < -0.39 is 0 Å². The van der Waals surface area contributed by atoms with E-state index in [1.54, 1.807) is 0 Å². The number of fused-ring (bicyclic) bond motifs is 1. The Labute approximate surface area is 88.1 Å². The summed E-state index contributed by atoms with van der Waals surface area (Å²) in [7, 11) is 2.06. The molecule has 2 nitrogen and oxygen atoms in total. The van der Waals surface area contributed by atoms with Gasteiger partial charge in [0.05, 0.1) is 0 Å². The molecule has 2 rings (SSSR count). The van der Waals surface area contributed by atoms with Crippen LogP contribution in [0.4, 0.5) is 0 Å². The van der Waals surface area contributed by atoms with Crippen molar-refractivity contribution in [3.8, 4) is 0 Å². The van der Waals surface area contributed by atoms with Crippen LogP contribution in [0.3, 0.4) is 0 Å². The van der Waals surface area contributed by atoms with Crippen LogP contribution in [0.2, 0.25) is 0 Å². The van der Waals surface area contributed by atoms with Gasteiger partial charge < -0.3 is 5.32 Å². The van der Waals surface area contributed by atoms with E-state index in [0.717, 1.165) is 18.5 Å². The molecule has 0 spiro atoms. The Morgan fingerprint density at radius 1 is 1.14 bits per heavy atom. The molecular weight excluding hydrogens is 172 g/mol. The first-order valence-electron chi connectivity index (χ1n) is 6.30. The molecule has 0 radical (unpaired) electrons. The van der Waals surface area contributed by atoms with E-state index >= 15 is 0 Å². The van der Waals surface area contributed by atoms with Crippen molar-refractivity contribution in [2.45, 2.75) is 44.6 Å². The number of hydrogen-bond donors (Lipinski definition) is 1. The molecule has 1 heterocycles. The molecule has 14 heavy (non-hydrogen) atoms. The number of hydrogen-bond acceptors (Lipinski definition) is 2. The molecule has 82 valence electrons. The molecule has 1 aliphatic carbocycles. The molecule has 1 N–H and O–H groups in total. The lowest BCUT2D eigenvalue weighted by molar-refractivity contribution is 0.0623. The predicted octanol–water partition coefficient (Wildman–Crippen LogP) is 1.86. The monoisotopic (exact) mass is 196 g/mol. The third kappa shape index (κ3) is 2.29. The van der Waals surface area contributed by atoms with Crippen molar-refractivity contribution in [2.24, 2.45) is 5.92 Å². The quantitative estimate of drug-likeness (QED) is 0.741. The maximum Gasteiger partial charge on any atom is 0.0124 e. The van der Waals surface area contributed by atoms with Crippen molar-refractivity contribution in [3.63, 3.8) is 0 Å². The fourth-order valence-electron chi connectivity index (χ4n) is 3.26. The third-order valence-electron chi connectivity index (χ3n) is 4.01. The summed E-state index contributed by atoms with van der Waals surface area (Å²) in [6.07, 6.45) is 8.86. The Morgan fingerprint density at radius 2 is 1.93 bits per heavy atom. The number of piperidine rings is 1. The summed E-state index contributed by atoms with van der Waals surface area (Å²) in [4.78, 5) is 2.74. The van der Waals surface area contributed by atoms with Gasteiger partial charge in [-0.3, -0.25) is 4.90 Å². The number of likely N-dealkylation sites (tertiary alicyclic amines) is 1. The summed E-state index contributed by atoms with van der Waals surface area (Å²) in [6.45, 7) is 3.77. The minimum atomic E-state index is 0.936. The largest absolute Gasteiger partial charge is 0.318 e. The van der Waals surface area contributed by atoms with Gasteiger partial charge in [0.15, 0.2) is 0 Å². The molecule has 2 fully saturated rings. The molecule has 1 saturated heterocycles. The topological polar surface area (TPSA) is 15.3 Å². The van der Waals surface area contributed by atoms with E-state index in [4.69, 9.17) is 0 Å². The lowest BCUT2D eigenvalue weighted by atomic mass is 9.78. The van der Waals surface area contributed by atoms with Crippen LogP contribution in [0.5, 0.6) is 0 Å². The van der Waals surface area contributed by atoms with Crippen molar-refractivity contribution < 1.29 is 0 Å². The fourth-order valence-corrected chi connectivity index (χ4v) is 3.26. The normalized spacial score (nSPS) is 34.1. The Bertz CT molecular complexity index is 168. The third-order valence-corrected chi connectivity index (χ3v) is 4.01. The molecule has 0 unspecified atom stereocenters. The van der Waals surface area contributed by atoms with Gasteiger partial charge in [0, 0.05) is 19.1 Å². The molecule has 0 amide bonds. The number of likely N-dealkylation sites (N-methyl/N-ethyl adjacent to an activating group) is 1. The molecule has 1 aliphatic heterocycles. The average molecular weight is 196 g/mol. The number of nitrogens with one attached hydrogen (secondary N) is 1. The van der Waals surface area contributed by atoms with E-state index in [-0.39, 0.29) is 0 Å². The van der Waals surface area contributed by atoms with Crippen LogP contribution in [0.1, 0.15) is 38.5 Å². The summed E-state index contributed by atoms with van der Waals surface area (Å²) in [5, 5.41) is 3.27. The Kier molecular flexibility index (Phi) is 3.82. The smallest absolute Gasteiger partial charge is 0.0124 e. The Morgan fingerprint density at radius 3 is 2.79 bits per heavy atom. The second-order valence-corrected chi connectivity index (χ2v) is 4.89. The van der Waals surface area contributed by atoms with Crippen molar-refractivity contribution in [2.75, 3.05) is 26.7 Å². The summed E-state index contributed by atoms with van der Waals surface area (Å²) < 4.78 is 0. The van der Waals surface area contributed by atoms with Gasteiger partial charge in [-0.15, -0.1) is 0 Å². The average Bonchev–Trinajstić information content (AvgIpc) is 2.26. The lowest BCUT2D eigenvalue weighted by Gasteiger charge is -2.44. The van der Waals surface area contributed by atoms with E-state index in [1.165, 1.54) is 51.6 Å². The molecule has 0 aromatic heterocycles. The maximum atomic E-state index is 3.27. The second-order valence-electron chi connectivity index (χ2n) is 4.89. The van der Waals surface area contributed by atoms with Crippen molar-refractivity contribution in [1.29, 1.82) is 0 Å². The van der Waals surface area contributed by atoms with Crippen LogP contribution < -0.4 is 5.32 Å². The molecule has 0 aromatic rings. The fraction of sp³-hybridized carbons (Fsp3) is 1.00. The van der Waals surface area contributed by atoms with E-state index in [2.05, 4.69) is 17.3 Å². The summed E-state index contributed by atoms with van der Waals surface area (Å²) >= 11 is 0. The highest BCUT2D eigenvalue weighted by Crippen LogP contribution is 2.34. The van der Waals surface area contributed by atoms with Crippen LogP contribution in [0, 0.1) is 5.92 Å². The van der Waals surface area contributed by atoms with Crippen LogP contribution in [-0.4, -0.2) is 37.6 Å². The van der Waals surface area contributed by atoms with Gasteiger partial charge in [-0.25, -0.2) is 0 Å². The molecule has 2 atom stereocenters. The van der Waals surface area contributed by atoms with Crippen molar-refractivity contribution in [3.05, 3.63) is 0 Å². The predicted molar refractivity (Wildman–Crippen MR) is 60.5 cm³/mol. The van der Waals surface area contributed by atoms with Gasteiger partial charge in [0.2, 0.25) is 0 Å². The van der Waals surface area contributed by atoms with Gasteiger partial charge >= 0.3 is 0 Å². The van der Waals surface area contributed by atoms with E-state index in [9.17, 15) is 0 Å². The first-order valence-corrected chi connectivity index (χ1v) is 6.30. The van der Waals surface area contributed by atoms with Crippen molar-refractivity contribution in [1.82, 2.24) is 10.2 Å². The Hall–Kier alpha value is -0.0800. The SMILES string of the molecule is CNCCN1CCC[C@@H]2CCCC[C@@H]21.